The van der Waals surface area contributed by atoms with Gasteiger partial charge in [-0.1, -0.05) is 35.0 Å². The molecule has 0 spiro atoms. The molecule has 7 nitrogen and oxygen atoms in total. The molecule has 0 saturated carbocycles. The van der Waals surface area contributed by atoms with Crippen molar-refractivity contribution in [3.63, 3.8) is 0 Å². The largest absolute Gasteiger partial charge is 0.497 e. The molecule has 1 heterocycles. The summed E-state index contributed by atoms with van der Waals surface area (Å²) in [6, 6.07) is 13.5. The fourth-order valence-electron chi connectivity index (χ4n) is 2.83. The van der Waals surface area contributed by atoms with E-state index in [0.717, 1.165) is 28.1 Å². The number of hydrogen-bond donors (Lipinski definition) is 2. The zero-order chi connectivity index (χ0) is 18.5. The lowest BCUT2D eigenvalue weighted by Crippen LogP contribution is -2.24. The van der Waals surface area contributed by atoms with E-state index in [-0.39, 0.29) is 5.91 Å². The van der Waals surface area contributed by atoms with Crippen LogP contribution in [0.1, 0.15) is 28.4 Å². The lowest BCUT2D eigenvalue weighted by atomic mass is 9.97. The van der Waals surface area contributed by atoms with Crippen LogP contribution in [0.5, 0.6) is 5.75 Å². The Morgan fingerprint density at radius 3 is 2.77 bits per heavy atom. The van der Waals surface area contributed by atoms with Gasteiger partial charge in [-0.05, 0) is 49.6 Å². The van der Waals surface area contributed by atoms with Crippen LogP contribution in [-0.2, 0) is 11.2 Å². The second-order valence-electron chi connectivity index (χ2n) is 6.19. The van der Waals surface area contributed by atoms with Gasteiger partial charge in [-0.2, -0.15) is 5.21 Å². The average molecular weight is 351 g/mol. The maximum Gasteiger partial charge on any atom is 0.235 e. The minimum absolute atomic E-state index is 0.179. The number of carbonyl (C=O) groups is 1. The van der Waals surface area contributed by atoms with E-state index in [0.29, 0.717) is 12.2 Å². The maximum atomic E-state index is 12.9. The van der Waals surface area contributed by atoms with Gasteiger partial charge in [-0.25, -0.2) is 0 Å². The van der Waals surface area contributed by atoms with Crippen molar-refractivity contribution >= 4 is 11.6 Å². The number of hydrogen-bond acceptors (Lipinski definition) is 5. The van der Waals surface area contributed by atoms with E-state index in [2.05, 4.69) is 25.9 Å². The number of aryl methyl sites for hydroxylation is 2. The number of amides is 1. The van der Waals surface area contributed by atoms with E-state index >= 15 is 0 Å². The summed E-state index contributed by atoms with van der Waals surface area (Å²) in [5.41, 5.74) is 3.88. The van der Waals surface area contributed by atoms with E-state index in [9.17, 15) is 4.79 Å². The van der Waals surface area contributed by atoms with Crippen LogP contribution in [0.3, 0.4) is 0 Å². The van der Waals surface area contributed by atoms with Crippen LogP contribution in [0.2, 0.25) is 0 Å². The number of aromatic nitrogens is 4. The quantitative estimate of drug-likeness (QED) is 0.712. The van der Waals surface area contributed by atoms with Crippen molar-refractivity contribution < 1.29 is 9.53 Å². The highest BCUT2D eigenvalue weighted by Crippen LogP contribution is 2.24. The van der Waals surface area contributed by atoms with Crippen molar-refractivity contribution in [2.45, 2.75) is 26.2 Å². The lowest BCUT2D eigenvalue weighted by molar-refractivity contribution is -0.117. The summed E-state index contributed by atoms with van der Waals surface area (Å²) in [5.74, 6) is 0.349. The Balaban J connectivity index is 1.85. The molecule has 134 valence electrons. The summed E-state index contributed by atoms with van der Waals surface area (Å²) >= 11 is 0. The predicted molar refractivity (Wildman–Crippen MR) is 98.2 cm³/mol. The Hall–Kier alpha value is -3.22. The molecule has 1 atom stereocenters. The first-order valence-corrected chi connectivity index (χ1v) is 8.31. The Morgan fingerprint density at radius 2 is 2.08 bits per heavy atom. The SMILES string of the molecule is COc1cccc(C[C@H](C(=O)Nc2ccc(C)cc2C)c2nn[nH]n2)c1. The standard InChI is InChI=1S/C19H21N5O2/c1-12-7-8-17(13(2)9-12)20-19(25)16(18-21-23-24-22-18)11-14-5-4-6-15(10-14)26-3/h4-10,16H,11H2,1-3H3,(H,20,25)(H,21,22,23,24)/t16-/m0/s1. The zero-order valence-corrected chi connectivity index (χ0v) is 15.0. The molecular formula is C19H21N5O2. The highest BCUT2D eigenvalue weighted by molar-refractivity contribution is 5.96. The molecular weight excluding hydrogens is 330 g/mol. The number of rotatable bonds is 6. The summed E-state index contributed by atoms with van der Waals surface area (Å²) in [5, 5.41) is 17.0. The molecule has 7 heteroatoms. The van der Waals surface area contributed by atoms with Gasteiger partial charge in [-0.3, -0.25) is 4.79 Å². The molecule has 2 aromatic carbocycles. The van der Waals surface area contributed by atoms with Gasteiger partial charge in [0.2, 0.25) is 5.91 Å². The van der Waals surface area contributed by atoms with Gasteiger partial charge in [0.05, 0.1) is 7.11 Å². The summed E-state index contributed by atoms with van der Waals surface area (Å²) in [4.78, 5) is 12.9. The minimum Gasteiger partial charge on any atom is -0.497 e. The first-order chi connectivity index (χ1) is 12.6. The first kappa shape index (κ1) is 17.6. The number of methoxy groups -OCH3 is 1. The van der Waals surface area contributed by atoms with Crippen molar-refractivity contribution in [1.82, 2.24) is 20.6 Å². The van der Waals surface area contributed by atoms with Crippen molar-refractivity contribution in [3.8, 4) is 5.75 Å². The molecule has 3 aromatic rings. The van der Waals surface area contributed by atoms with Crippen LogP contribution in [0.15, 0.2) is 42.5 Å². The Labute approximate surface area is 151 Å². The predicted octanol–water partition coefficient (Wildman–Crippen LogP) is 2.79. The summed E-state index contributed by atoms with van der Waals surface area (Å²) in [6.45, 7) is 3.98. The third kappa shape index (κ3) is 4.05. The van der Waals surface area contributed by atoms with E-state index in [4.69, 9.17) is 4.74 Å². The second kappa shape index (κ2) is 7.77. The molecule has 0 aliphatic carbocycles. The maximum absolute atomic E-state index is 12.9. The van der Waals surface area contributed by atoms with Gasteiger partial charge in [0.15, 0.2) is 5.82 Å². The molecule has 3 rings (SSSR count). The third-order valence-corrected chi connectivity index (χ3v) is 4.20. The van der Waals surface area contributed by atoms with Gasteiger partial charge in [-0.15, -0.1) is 10.2 Å². The second-order valence-corrected chi connectivity index (χ2v) is 6.19. The molecule has 0 aliphatic heterocycles. The summed E-state index contributed by atoms with van der Waals surface area (Å²) in [7, 11) is 1.61. The van der Waals surface area contributed by atoms with E-state index in [1.165, 1.54) is 0 Å². The highest BCUT2D eigenvalue weighted by Gasteiger charge is 2.26. The van der Waals surface area contributed by atoms with E-state index in [1.807, 2.05) is 56.3 Å². The molecule has 2 N–H and O–H groups in total. The molecule has 26 heavy (non-hydrogen) atoms. The minimum atomic E-state index is -0.568. The van der Waals surface area contributed by atoms with Gasteiger partial charge in [0.25, 0.3) is 0 Å². The fourth-order valence-corrected chi connectivity index (χ4v) is 2.83. The molecule has 1 aromatic heterocycles. The van der Waals surface area contributed by atoms with Crippen LogP contribution in [0, 0.1) is 13.8 Å². The Bertz CT molecular complexity index is 893. The van der Waals surface area contributed by atoms with Gasteiger partial charge >= 0.3 is 0 Å². The fraction of sp³-hybridized carbons (Fsp3) is 0.263. The van der Waals surface area contributed by atoms with Crippen LogP contribution < -0.4 is 10.1 Å². The van der Waals surface area contributed by atoms with E-state index < -0.39 is 5.92 Å². The number of anilines is 1. The molecule has 0 fully saturated rings. The number of nitrogens with zero attached hydrogens (tertiary/aromatic N) is 3. The Kier molecular flexibility index (Phi) is 5.26. The molecule has 0 radical (unpaired) electrons. The van der Waals surface area contributed by atoms with Gasteiger partial charge in [0.1, 0.15) is 11.7 Å². The van der Waals surface area contributed by atoms with Crippen molar-refractivity contribution in [1.29, 1.82) is 0 Å². The van der Waals surface area contributed by atoms with Crippen molar-refractivity contribution in [3.05, 3.63) is 65.0 Å². The summed E-state index contributed by atoms with van der Waals surface area (Å²) in [6.07, 6.45) is 0.438. The van der Waals surface area contributed by atoms with Crippen molar-refractivity contribution in [2.75, 3.05) is 12.4 Å². The number of benzene rings is 2. The first-order valence-electron chi connectivity index (χ1n) is 8.31. The zero-order valence-electron chi connectivity index (χ0n) is 15.0. The molecule has 0 aliphatic rings. The number of aromatic amines is 1. The number of ether oxygens (including phenoxy) is 1. The van der Waals surface area contributed by atoms with Crippen molar-refractivity contribution in [2.24, 2.45) is 0 Å². The van der Waals surface area contributed by atoms with Crippen LogP contribution in [0.4, 0.5) is 5.69 Å². The molecule has 1 amide bonds. The van der Waals surface area contributed by atoms with Crippen LogP contribution in [-0.4, -0.2) is 33.6 Å². The van der Waals surface area contributed by atoms with Gasteiger partial charge < -0.3 is 10.1 Å². The molecule has 0 unspecified atom stereocenters. The lowest BCUT2D eigenvalue weighted by Gasteiger charge is -2.16. The smallest absolute Gasteiger partial charge is 0.235 e. The molecule has 0 saturated heterocycles. The Morgan fingerprint density at radius 1 is 1.23 bits per heavy atom. The third-order valence-electron chi connectivity index (χ3n) is 4.20. The topological polar surface area (TPSA) is 92.8 Å². The number of H-pyrrole nitrogens is 1. The summed E-state index contributed by atoms with van der Waals surface area (Å²) < 4.78 is 5.26. The number of nitrogens with one attached hydrogen (secondary N) is 2. The van der Waals surface area contributed by atoms with Gasteiger partial charge in [0, 0.05) is 5.69 Å². The monoisotopic (exact) mass is 351 g/mol. The number of tetrazole rings is 1. The highest BCUT2D eigenvalue weighted by atomic mass is 16.5. The van der Waals surface area contributed by atoms with Crippen LogP contribution in [0.25, 0.3) is 0 Å². The van der Waals surface area contributed by atoms with E-state index in [1.54, 1.807) is 7.11 Å². The molecule has 0 bridgehead atoms. The normalized spacial score (nSPS) is 11.8. The van der Waals surface area contributed by atoms with Crippen LogP contribution >= 0.6 is 0 Å². The average Bonchev–Trinajstić information content (AvgIpc) is 3.16. The number of carbonyl (C=O) groups excluding carboxylic acids is 1.